The van der Waals surface area contributed by atoms with Crippen molar-refractivity contribution < 1.29 is 19.7 Å². The summed E-state index contributed by atoms with van der Waals surface area (Å²) < 4.78 is 5.59. The summed E-state index contributed by atoms with van der Waals surface area (Å²) in [6.45, 7) is 16.5. The number of fused-ring (bicyclic) bond motifs is 7. The molecule has 35 heavy (non-hydrogen) atoms. The lowest BCUT2D eigenvalue weighted by atomic mass is 9.32. The lowest BCUT2D eigenvalue weighted by molar-refractivity contribution is -0.251. The molecule has 0 aromatic carbocycles. The molecule has 5 saturated carbocycles. The Bertz CT molecular complexity index is 898. The van der Waals surface area contributed by atoms with E-state index in [1.807, 2.05) is 0 Å². The molecular formula is C31H51O4+. The van der Waals surface area contributed by atoms with Gasteiger partial charge in [-0.05, 0) is 117 Å². The fourth-order valence-electron chi connectivity index (χ4n) is 11.7. The van der Waals surface area contributed by atoms with Crippen molar-refractivity contribution in [3.05, 3.63) is 12.2 Å². The molecule has 0 radical (unpaired) electrons. The number of carbonyl (C=O) groups excluding carboxylic acids is 1. The molecule has 0 aromatic heterocycles. The van der Waals surface area contributed by atoms with Gasteiger partial charge in [0.1, 0.15) is 5.41 Å². The van der Waals surface area contributed by atoms with E-state index in [0.29, 0.717) is 29.6 Å². The van der Waals surface area contributed by atoms with Gasteiger partial charge >= 0.3 is 5.97 Å². The average molecular weight is 488 g/mol. The van der Waals surface area contributed by atoms with E-state index in [4.69, 9.17) is 4.74 Å². The summed E-state index contributed by atoms with van der Waals surface area (Å²) in [5, 5.41) is 21.4. The van der Waals surface area contributed by atoms with Crippen LogP contribution in [0, 0.1) is 56.7 Å². The van der Waals surface area contributed by atoms with Crippen molar-refractivity contribution in [3.8, 4) is 0 Å². The van der Waals surface area contributed by atoms with E-state index < -0.39 is 11.5 Å². The molecule has 3 N–H and O–H groups in total. The molecule has 5 rings (SSSR count). The van der Waals surface area contributed by atoms with Gasteiger partial charge in [0.2, 0.25) is 0 Å². The second-order valence-corrected chi connectivity index (χ2v) is 14.6. The monoisotopic (exact) mass is 487 g/mol. The maximum atomic E-state index is 11.1. The summed E-state index contributed by atoms with van der Waals surface area (Å²) in [6.07, 6.45) is 10.4. The Morgan fingerprint density at radius 2 is 1.63 bits per heavy atom. The summed E-state index contributed by atoms with van der Waals surface area (Å²) in [6, 6.07) is 0. The predicted octanol–water partition coefficient (Wildman–Crippen LogP) is 6.13. The third-order valence-corrected chi connectivity index (χ3v) is 13.8. The first-order valence-electron chi connectivity index (χ1n) is 14.4. The van der Waals surface area contributed by atoms with Gasteiger partial charge in [-0.15, -0.1) is 0 Å². The molecule has 5 aliphatic rings. The van der Waals surface area contributed by atoms with Crippen LogP contribution < -0.4 is 0 Å². The number of aliphatic hydroxyl groups excluding tert-OH is 2. The summed E-state index contributed by atoms with van der Waals surface area (Å²) in [4.78, 5) is 11.1. The number of hydrogen-bond donors (Lipinski definition) is 2. The first-order chi connectivity index (χ1) is 16.4. The van der Waals surface area contributed by atoms with Gasteiger partial charge in [-0.1, -0.05) is 39.8 Å². The van der Waals surface area contributed by atoms with Crippen LogP contribution in [0.15, 0.2) is 12.2 Å². The number of aliphatic hydroxyl groups is 2. The molecule has 4 nitrogen and oxygen atoms in total. The molecular weight excluding hydrogens is 436 g/mol. The SMILES string of the molecule is C=C(C)[C@@H]1CC[C@]2(C(=[OH+])OC)CC[C@]3(C)C(CC[C@@H]4[C@@]5(C)CCC(O)[C@@](C)(CO)[C@@H]5CC[C@]43C)[C@@H]12. The molecule has 0 amide bonds. The quantitative estimate of drug-likeness (QED) is 0.286. The Morgan fingerprint density at radius 3 is 2.26 bits per heavy atom. The van der Waals surface area contributed by atoms with Gasteiger partial charge < -0.3 is 19.7 Å². The molecule has 0 aliphatic heterocycles. The van der Waals surface area contributed by atoms with Crippen molar-refractivity contribution in [1.29, 1.82) is 0 Å². The van der Waals surface area contributed by atoms with Crippen LogP contribution in [-0.4, -0.2) is 40.8 Å². The highest BCUT2D eigenvalue weighted by atomic mass is 16.5. The predicted molar refractivity (Wildman–Crippen MR) is 140 cm³/mol. The van der Waals surface area contributed by atoms with Crippen molar-refractivity contribution in [2.24, 2.45) is 56.7 Å². The summed E-state index contributed by atoms with van der Waals surface area (Å²) in [5.74, 6) is 2.65. The van der Waals surface area contributed by atoms with Crippen LogP contribution in [0.3, 0.4) is 0 Å². The van der Waals surface area contributed by atoms with E-state index in [9.17, 15) is 15.0 Å². The zero-order chi connectivity index (χ0) is 25.6. The number of ether oxygens (including phenoxy) is 1. The minimum absolute atomic E-state index is 0.0781. The third kappa shape index (κ3) is 3.02. The van der Waals surface area contributed by atoms with Gasteiger partial charge in [-0.3, -0.25) is 0 Å². The van der Waals surface area contributed by atoms with Gasteiger partial charge in [0.05, 0.1) is 12.7 Å². The highest BCUT2D eigenvalue weighted by Crippen LogP contribution is 2.77. The van der Waals surface area contributed by atoms with E-state index >= 15 is 0 Å². The number of rotatable bonds is 3. The molecule has 0 bridgehead atoms. The molecule has 0 saturated heterocycles. The first kappa shape index (κ1) is 25.8. The van der Waals surface area contributed by atoms with E-state index in [-0.39, 0.29) is 34.2 Å². The maximum absolute atomic E-state index is 11.1. The fourth-order valence-corrected chi connectivity index (χ4v) is 11.7. The Balaban J connectivity index is 1.56. The topological polar surface area (TPSA) is 71.1 Å². The number of methoxy groups -OCH3 is 1. The van der Waals surface area contributed by atoms with Crippen LogP contribution >= 0.6 is 0 Å². The second kappa shape index (κ2) is 8.06. The largest absolute Gasteiger partial charge is 0.489 e. The van der Waals surface area contributed by atoms with Crippen molar-refractivity contribution >= 4 is 5.97 Å². The zero-order valence-corrected chi connectivity index (χ0v) is 23.2. The number of hydrogen-bond acceptors (Lipinski definition) is 3. The molecule has 198 valence electrons. The van der Waals surface area contributed by atoms with Crippen LogP contribution in [0.25, 0.3) is 0 Å². The number of esters is 1. The lowest BCUT2D eigenvalue weighted by Gasteiger charge is -2.72. The van der Waals surface area contributed by atoms with Crippen LogP contribution in [-0.2, 0) is 4.74 Å². The van der Waals surface area contributed by atoms with Crippen molar-refractivity contribution in [3.63, 3.8) is 0 Å². The third-order valence-electron chi connectivity index (χ3n) is 13.8. The van der Waals surface area contributed by atoms with Gasteiger partial charge in [0, 0.05) is 5.41 Å². The van der Waals surface area contributed by atoms with E-state index in [1.54, 1.807) is 7.11 Å². The summed E-state index contributed by atoms with van der Waals surface area (Å²) >= 11 is 0. The van der Waals surface area contributed by atoms with Gasteiger partial charge in [0.25, 0.3) is 0 Å². The molecule has 0 aromatic rings. The zero-order valence-electron chi connectivity index (χ0n) is 23.2. The normalized spacial score (nSPS) is 55.2. The molecule has 0 heterocycles. The lowest BCUT2D eigenvalue weighted by Crippen LogP contribution is -2.67. The molecule has 5 aliphatic carbocycles. The van der Waals surface area contributed by atoms with Crippen LogP contribution in [0.4, 0.5) is 0 Å². The first-order valence-corrected chi connectivity index (χ1v) is 14.4. The molecule has 0 spiro atoms. The smallest absolute Gasteiger partial charge is 0.396 e. The van der Waals surface area contributed by atoms with E-state index in [1.165, 1.54) is 24.8 Å². The fraction of sp³-hybridized carbons (Fsp3) is 0.903. The Labute approximate surface area is 213 Å². The second-order valence-electron chi connectivity index (χ2n) is 14.6. The Morgan fingerprint density at radius 1 is 0.914 bits per heavy atom. The van der Waals surface area contributed by atoms with Gasteiger partial charge in [0.15, 0.2) is 7.11 Å². The van der Waals surface area contributed by atoms with Crippen molar-refractivity contribution in [1.82, 2.24) is 0 Å². The van der Waals surface area contributed by atoms with Crippen LogP contribution in [0.1, 0.15) is 98.8 Å². The summed E-state index contributed by atoms with van der Waals surface area (Å²) in [5.41, 5.74) is 1.22. The standard InChI is InChI=1S/C31H50O4/c1-19(2)20-10-15-31(26(34)35-7)17-16-29(5)21(25(20)31)8-9-23-27(3)13-12-24(33)28(4,18-32)22(27)11-14-30(23,29)6/h20-25,32-33H,1,8-18H2,2-7H3/p+1/t20-,21?,22+,23+,24?,25+,27-,28-,29+,30+,31-/m0/s1. The highest BCUT2D eigenvalue weighted by molar-refractivity contribution is 5.79. The van der Waals surface area contributed by atoms with Crippen molar-refractivity contribution in [2.75, 3.05) is 13.7 Å². The maximum Gasteiger partial charge on any atom is 0.489 e. The number of allylic oxidation sites excluding steroid dienone is 1. The average Bonchev–Trinajstić information content (AvgIpc) is 3.23. The highest BCUT2D eigenvalue weighted by Gasteiger charge is 2.73. The van der Waals surface area contributed by atoms with Gasteiger partial charge in [-0.25, -0.2) is 0 Å². The van der Waals surface area contributed by atoms with Crippen LogP contribution in [0.2, 0.25) is 0 Å². The van der Waals surface area contributed by atoms with E-state index in [2.05, 4.69) is 41.2 Å². The molecule has 5 fully saturated rings. The molecule has 4 heteroatoms. The van der Waals surface area contributed by atoms with E-state index in [0.717, 1.165) is 44.9 Å². The van der Waals surface area contributed by atoms with Crippen molar-refractivity contribution in [2.45, 2.75) is 105 Å². The summed E-state index contributed by atoms with van der Waals surface area (Å²) in [7, 11) is 1.64. The minimum atomic E-state index is -0.403. The Kier molecular flexibility index (Phi) is 5.94. The van der Waals surface area contributed by atoms with Gasteiger partial charge in [-0.2, -0.15) is 0 Å². The molecule has 2 unspecified atom stereocenters. The Hall–Kier alpha value is -0.870. The molecule has 11 atom stereocenters. The minimum Gasteiger partial charge on any atom is -0.396 e. The van der Waals surface area contributed by atoms with Crippen LogP contribution in [0.5, 0.6) is 0 Å².